The smallest absolute Gasteiger partial charge is 0.251 e. The molecule has 1 aromatic carbocycles. The lowest BCUT2D eigenvalue weighted by Crippen LogP contribution is -2.24. The third-order valence-corrected chi connectivity index (χ3v) is 5.37. The van der Waals surface area contributed by atoms with Crippen LogP contribution in [-0.2, 0) is 0 Å². The zero-order valence-electron chi connectivity index (χ0n) is 13.8. The second-order valence-electron chi connectivity index (χ2n) is 6.28. The third kappa shape index (κ3) is 3.00. The van der Waals surface area contributed by atoms with E-state index in [0.717, 1.165) is 23.0 Å². The molecule has 4 rings (SSSR count). The van der Waals surface area contributed by atoms with Crippen molar-refractivity contribution in [3.63, 3.8) is 0 Å². The topological polar surface area (TPSA) is 72.1 Å². The van der Waals surface area contributed by atoms with Crippen LogP contribution < -0.4 is 10.6 Å². The zero-order chi connectivity index (χ0) is 18.3. The van der Waals surface area contributed by atoms with Crippen molar-refractivity contribution >= 4 is 45.3 Å². The van der Waals surface area contributed by atoms with Crippen molar-refractivity contribution < 1.29 is 9.18 Å². The van der Waals surface area contributed by atoms with E-state index in [-0.39, 0.29) is 11.9 Å². The average Bonchev–Trinajstić information content (AvgIpc) is 3.12. The Morgan fingerprint density at radius 1 is 1.27 bits per heavy atom. The first-order valence-electron chi connectivity index (χ1n) is 8.32. The largest absolute Gasteiger partial charge is 0.366 e. The molecule has 3 heterocycles. The van der Waals surface area contributed by atoms with Crippen molar-refractivity contribution in [3.05, 3.63) is 63.1 Å². The van der Waals surface area contributed by atoms with Gasteiger partial charge in [0, 0.05) is 21.9 Å². The van der Waals surface area contributed by atoms with E-state index in [1.54, 1.807) is 18.3 Å². The number of hydrogen-bond acceptors (Lipinski definition) is 4. The summed E-state index contributed by atoms with van der Waals surface area (Å²) >= 11 is 2.19. The van der Waals surface area contributed by atoms with E-state index in [2.05, 4.69) is 37.5 Å². The average molecular weight is 462 g/mol. The third-order valence-electron chi connectivity index (χ3n) is 4.70. The van der Waals surface area contributed by atoms with Gasteiger partial charge in [-0.2, -0.15) is 0 Å². The molecule has 1 aliphatic rings. The molecule has 1 amide bonds. The lowest BCUT2D eigenvalue weighted by molar-refractivity contribution is 0.100. The highest BCUT2D eigenvalue weighted by Gasteiger charge is 2.29. The van der Waals surface area contributed by atoms with Crippen molar-refractivity contribution in [3.8, 4) is 0 Å². The van der Waals surface area contributed by atoms with Crippen molar-refractivity contribution in [1.29, 1.82) is 0 Å². The number of carbonyl (C=O) groups excluding carboxylic acids is 1. The van der Waals surface area contributed by atoms with Crippen LogP contribution in [0.4, 0.5) is 10.2 Å². The van der Waals surface area contributed by atoms with E-state index in [1.165, 1.54) is 6.07 Å². The molecule has 0 radical (unpaired) electrons. The standard InChI is InChI=1S/C19H16FIN4O/c20-14-4-3-11(21)10-13(14)16-2-1-9-25(16)17-6-5-15-18(24-17)12(19(22)26)7-8-23-15/h3-8,10,16H,1-2,9H2,(H2,22,26)/t16-/m1/s1. The summed E-state index contributed by atoms with van der Waals surface area (Å²) in [6, 6.07) is 10.3. The highest BCUT2D eigenvalue weighted by molar-refractivity contribution is 14.1. The van der Waals surface area contributed by atoms with Gasteiger partial charge in [-0.3, -0.25) is 9.78 Å². The van der Waals surface area contributed by atoms with Crippen molar-refractivity contribution in [2.45, 2.75) is 18.9 Å². The maximum Gasteiger partial charge on any atom is 0.251 e. The molecule has 132 valence electrons. The van der Waals surface area contributed by atoms with Crippen LogP contribution in [0.5, 0.6) is 0 Å². The Morgan fingerprint density at radius 2 is 2.12 bits per heavy atom. The number of halogens is 2. The number of nitrogens with zero attached hydrogens (tertiary/aromatic N) is 3. The number of amides is 1. The number of hydrogen-bond donors (Lipinski definition) is 1. The fourth-order valence-corrected chi connectivity index (χ4v) is 4.02. The number of pyridine rings is 2. The minimum absolute atomic E-state index is 0.0802. The fraction of sp³-hybridized carbons (Fsp3) is 0.211. The predicted octanol–water partition coefficient (Wildman–Crippen LogP) is 3.81. The van der Waals surface area contributed by atoms with Gasteiger partial charge < -0.3 is 10.6 Å². The minimum atomic E-state index is -0.538. The summed E-state index contributed by atoms with van der Waals surface area (Å²) in [6.07, 6.45) is 3.35. The van der Waals surface area contributed by atoms with Crippen LogP contribution in [0.2, 0.25) is 0 Å². The normalized spacial score (nSPS) is 17.0. The first-order valence-corrected chi connectivity index (χ1v) is 9.39. The van der Waals surface area contributed by atoms with Gasteiger partial charge >= 0.3 is 0 Å². The van der Waals surface area contributed by atoms with Crippen LogP contribution >= 0.6 is 22.6 Å². The molecular formula is C19H16FIN4O. The first kappa shape index (κ1) is 17.1. The molecule has 2 aromatic heterocycles. The molecule has 0 unspecified atom stereocenters. The summed E-state index contributed by atoms with van der Waals surface area (Å²) in [4.78, 5) is 22.7. The summed E-state index contributed by atoms with van der Waals surface area (Å²) in [6.45, 7) is 0.778. The molecule has 0 bridgehead atoms. The van der Waals surface area contributed by atoms with Crippen LogP contribution in [0, 0.1) is 9.39 Å². The van der Waals surface area contributed by atoms with E-state index in [0.29, 0.717) is 28.0 Å². The summed E-state index contributed by atoms with van der Waals surface area (Å²) in [5.74, 6) is -0.0416. The van der Waals surface area contributed by atoms with Crippen LogP contribution in [0.15, 0.2) is 42.6 Å². The fourth-order valence-electron chi connectivity index (χ4n) is 3.51. The Hall–Kier alpha value is -2.29. The predicted molar refractivity (Wildman–Crippen MR) is 106 cm³/mol. The molecule has 26 heavy (non-hydrogen) atoms. The molecule has 1 fully saturated rings. The van der Waals surface area contributed by atoms with Gasteiger partial charge in [-0.05, 0) is 71.8 Å². The van der Waals surface area contributed by atoms with Gasteiger partial charge in [0.25, 0.3) is 5.91 Å². The van der Waals surface area contributed by atoms with E-state index < -0.39 is 5.91 Å². The van der Waals surface area contributed by atoms with Gasteiger partial charge in [0.05, 0.1) is 17.1 Å². The van der Waals surface area contributed by atoms with Crippen LogP contribution in [0.1, 0.15) is 34.8 Å². The Morgan fingerprint density at radius 3 is 2.92 bits per heavy atom. The molecule has 1 saturated heterocycles. The molecule has 0 saturated carbocycles. The number of carbonyl (C=O) groups is 1. The summed E-state index contributed by atoms with van der Waals surface area (Å²) in [7, 11) is 0. The Kier molecular flexibility index (Phi) is 4.47. The SMILES string of the molecule is NC(=O)c1ccnc2ccc(N3CCC[C@@H]3c3cc(I)ccc3F)nc12. The van der Waals surface area contributed by atoms with Gasteiger partial charge in [0.15, 0.2) is 0 Å². The van der Waals surface area contributed by atoms with Gasteiger partial charge in [-0.25, -0.2) is 9.37 Å². The highest BCUT2D eigenvalue weighted by Crippen LogP contribution is 2.37. The molecule has 7 heteroatoms. The van der Waals surface area contributed by atoms with Crippen molar-refractivity contribution in [2.75, 3.05) is 11.4 Å². The molecule has 3 aromatic rings. The molecule has 2 N–H and O–H groups in total. The van der Waals surface area contributed by atoms with Gasteiger partial charge in [0.2, 0.25) is 0 Å². The van der Waals surface area contributed by atoms with Gasteiger partial charge in [-0.1, -0.05) is 0 Å². The minimum Gasteiger partial charge on any atom is -0.366 e. The molecule has 5 nitrogen and oxygen atoms in total. The summed E-state index contributed by atoms with van der Waals surface area (Å²) < 4.78 is 15.4. The number of fused-ring (bicyclic) bond motifs is 1. The number of anilines is 1. The maximum atomic E-state index is 14.4. The Labute approximate surface area is 163 Å². The number of aromatic nitrogens is 2. The Balaban J connectivity index is 1.80. The number of primary amides is 1. The van der Waals surface area contributed by atoms with Crippen molar-refractivity contribution in [1.82, 2.24) is 9.97 Å². The van der Waals surface area contributed by atoms with E-state index in [4.69, 9.17) is 5.73 Å². The van der Waals surface area contributed by atoms with E-state index in [9.17, 15) is 9.18 Å². The molecule has 0 spiro atoms. The van der Waals surface area contributed by atoms with Gasteiger partial charge in [-0.15, -0.1) is 0 Å². The highest BCUT2D eigenvalue weighted by atomic mass is 127. The molecule has 0 aliphatic carbocycles. The Bertz CT molecular complexity index is 1010. The monoisotopic (exact) mass is 462 g/mol. The van der Waals surface area contributed by atoms with Crippen molar-refractivity contribution in [2.24, 2.45) is 5.73 Å². The second-order valence-corrected chi connectivity index (χ2v) is 7.52. The first-order chi connectivity index (χ1) is 12.5. The second kappa shape index (κ2) is 6.79. The maximum absolute atomic E-state index is 14.4. The van der Waals surface area contributed by atoms with Crippen LogP contribution in [-0.4, -0.2) is 22.4 Å². The summed E-state index contributed by atoms with van der Waals surface area (Å²) in [5.41, 5.74) is 7.58. The van der Waals surface area contributed by atoms with E-state index in [1.807, 2.05) is 18.2 Å². The molecular weight excluding hydrogens is 446 g/mol. The summed E-state index contributed by atoms with van der Waals surface area (Å²) in [5, 5.41) is 0. The number of rotatable bonds is 3. The van der Waals surface area contributed by atoms with Crippen LogP contribution in [0.3, 0.4) is 0 Å². The molecule has 1 atom stereocenters. The number of nitrogens with two attached hydrogens (primary N) is 1. The van der Waals surface area contributed by atoms with E-state index >= 15 is 0 Å². The van der Waals surface area contributed by atoms with Crippen LogP contribution in [0.25, 0.3) is 11.0 Å². The lowest BCUT2D eigenvalue weighted by Gasteiger charge is -2.27. The number of benzene rings is 1. The quantitative estimate of drug-likeness (QED) is 0.601. The molecule has 1 aliphatic heterocycles. The zero-order valence-corrected chi connectivity index (χ0v) is 16.0. The van der Waals surface area contributed by atoms with Gasteiger partial charge in [0.1, 0.15) is 17.2 Å². The lowest BCUT2D eigenvalue weighted by atomic mass is 10.0.